The molecule has 1 saturated heterocycles. The molecule has 0 spiro atoms. The Kier molecular flexibility index (Phi) is 6.50. The first-order valence-corrected chi connectivity index (χ1v) is 8.04. The molecule has 2 nitrogen and oxygen atoms in total. The zero-order valence-corrected chi connectivity index (χ0v) is 12.0. The van der Waals surface area contributed by atoms with E-state index in [9.17, 15) is 0 Å². The lowest BCUT2D eigenvalue weighted by atomic mass is 9.81. The van der Waals surface area contributed by atoms with Crippen molar-refractivity contribution in [3.05, 3.63) is 0 Å². The second kappa shape index (κ2) is 8.16. The fourth-order valence-corrected chi connectivity index (χ4v) is 3.25. The van der Waals surface area contributed by atoms with E-state index in [0.717, 1.165) is 31.7 Å². The van der Waals surface area contributed by atoms with Crippen LogP contribution in [0.25, 0.3) is 0 Å². The van der Waals surface area contributed by atoms with Gasteiger partial charge in [0.05, 0.1) is 12.7 Å². The van der Waals surface area contributed by atoms with Crippen molar-refractivity contribution in [3.8, 4) is 0 Å². The Hall–Kier alpha value is -0.0800. The second-order valence-corrected chi connectivity index (χ2v) is 6.33. The van der Waals surface area contributed by atoms with Gasteiger partial charge in [-0.15, -0.1) is 0 Å². The Morgan fingerprint density at radius 3 is 2.61 bits per heavy atom. The van der Waals surface area contributed by atoms with Crippen molar-refractivity contribution in [3.63, 3.8) is 0 Å². The van der Waals surface area contributed by atoms with E-state index in [-0.39, 0.29) is 0 Å². The van der Waals surface area contributed by atoms with E-state index in [1.54, 1.807) is 0 Å². The number of rotatable bonds is 6. The van der Waals surface area contributed by atoms with E-state index in [1.165, 1.54) is 57.8 Å². The third kappa shape index (κ3) is 5.27. The van der Waals surface area contributed by atoms with Gasteiger partial charge in [0.25, 0.3) is 0 Å². The second-order valence-electron chi connectivity index (χ2n) is 6.33. The molecule has 0 radical (unpaired) electrons. The Labute approximate surface area is 112 Å². The highest BCUT2D eigenvalue weighted by Gasteiger charge is 2.18. The van der Waals surface area contributed by atoms with Crippen LogP contribution in [0.3, 0.4) is 0 Å². The van der Waals surface area contributed by atoms with Crippen LogP contribution >= 0.6 is 0 Å². The molecule has 2 rings (SSSR count). The standard InChI is InChI=1S/C16H30O2/c1-14-7-9-15(10-8-14)5-4-11-17-13-16-6-2-3-12-18-16/h14-16H,2-13H2,1H3. The predicted octanol–water partition coefficient (Wildman–Crippen LogP) is 4.18. The Morgan fingerprint density at radius 1 is 1.06 bits per heavy atom. The van der Waals surface area contributed by atoms with Crippen LogP contribution < -0.4 is 0 Å². The van der Waals surface area contributed by atoms with E-state index in [2.05, 4.69) is 6.92 Å². The molecule has 0 bridgehead atoms. The van der Waals surface area contributed by atoms with Gasteiger partial charge in [-0.1, -0.05) is 32.6 Å². The van der Waals surface area contributed by atoms with Gasteiger partial charge >= 0.3 is 0 Å². The molecule has 18 heavy (non-hydrogen) atoms. The monoisotopic (exact) mass is 254 g/mol. The Bertz CT molecular complexity index is 203. The molecule has 1 aliphatic heterocycles. The van der Waals surface area contributed by atoms with Gasteiger partial charge in [0.15, 0.2) is 0 Å². The van der Waals surface area contributed by atoms with Crippen LogP contribution in [0.2, 0.25) is 0 Å². The maximum atomic E-state index is 5.76. The molecule has 106 valence electrons. The average molecular weight is 254 g/mol. The Morgan fingerprint density at radius 2 is 1.89 bits per heavy atom. The summed E-state index contributed by atoms with van der Waals surface area (Å²) in [6.45, 7) is 5.09. The maximum Gasteiger partial charge on any atom is 0.0808 e. The fraction of sp³-hybridized carbons (Fsp3) is 1.00. The molecule has 0 aromatic rings. The first-order valence-electron chi connectivity index (χ1n) is 8.04. The summed E-state index contributed by atoms with van der Waals surface area (Å²) in [5.74, 6) is 1.96. The van der Waals surface area contributed by atoms with E-state index in [4.69, 9.17) is 9.47 Å². The number of ether oxygens (including phenoxy) is 2. The zero-order valence-electron chi connectivity index (χ0n) is 12.0. The summed E-state index contributed by atoms with van der Waals surface area (Å²) in [4.78, 5) is 0. The van der Waals surface area contributed by atoms with Crippen LogP contribution in [0.4, 0.5) is 0 Å². The van der Waals surface area contributed by atoms with Gasteiger partial charge in [-0.25, -0.2) is 0 Å². The van der Waals surface area contributed by atoms with E-state index in [1.807, 2.05) is 0 Å². The van der Waals surface area contributed by atoms with Crippen LogP contribution in [0.5, 0.6) is 0 Å². The lowest BCUT2D eigenvalue weighted by molar-refractivity contribution is -0.0415. The predicted molar refractivity (Wildman–Crippen MR) is 74.8 cm³/mol. The van der Waals surface area contributed by atoms with Gasteiger partial charge in [-0.3, -0.25) is 0 Å². The minimum Gasteiger partial charge on any atom is -0.379 e. The van der Waals surface area contributed by atoms with Gasteiger partial charge in [-0.2, -0.15) is 0 Å². The SMILES string of the molecule is CC1CCC(CCCOCC2CCCCO2)CC1. The van der Waals surface area contributed by atoms with Gasteiger partial charge in [-0.05, 0) is 43.9 Å². The van der Waals surface area contributed by atoms with Gasteiger partial charge in [0, 0.05) is 13.2 Å². The molecule has 1 heterocycles. The van der Waals surface area contributed by atoms with Gasteiger partial charge in [0.2, 0.25) is 0 Å². The van der Waals surface area contributed by atoms with Gasteiger partial charge < -0.3 is 9.47 Å². The average Bonchev–Trinajstić information content (AvgIpc) is 2.42. The highest BCUT2D eigenvalue weighted by molar-refractivity contribution is 4.70. The van der Waals surface area contributed by atoms with Crippen LogP contribution in [0.15, 0.2) is 0 Å². The highest BCUT2D eigenvalue weighted by Crippen LogP contribution is 2.30. The normalized spacial score (nSPS) is 33.5. The van der Waals surface area contributed by atoms with Crippen molar-refractivity contribution in [2.24, 2.45) is 11.8 Å². The minimum absolute atomic E-state index is 0.384. The molecule has 1 atom stereocenters. The maximum absolute atomic E-state index is 5.76. The van der Waals surface area contributed by atoms with Crippen molar-refractivity contribution in [1.82, 2.24) is 0 Å². The molecule has 1 saturated carbocycles. The highest BCUT2D eigenvalue weighted by atomic mass is 16.5. The fourth-order valence-electron chi connectivity index (χ4n) is 3.25. The summed E-state index contributed by atoms with van der Waals surface area (Å²) < 4.78 is 11.4. The van der Waals surface area contributed by atoms with Crippen molar-refractivity contribution >= 4 is 0 Å². The first kappa shape index (κ1) is 14.3. The molecular weight excluding hydrogens is 224 g/mol. The van der Waals surface area contributed by atoms with Crippen LogP contribution in [0.1, 0.15) is 64.7 Å². The van der Waals surface area contributed by atoms with Crippen molar-refractivity contribution in [2.75, 3.05) is 19.8 Å². The van der Waals surface area contributed by atoms with Crippen LogP contribution in [-0.4, -0.2) is 25.9 Å². The molecule has 2 heteroatoms. The molecule has 0 N–H and O–H groups in total. The lowest BCUT2D eigenvalue weighted by Crippen LogP contribution is -2.24. The summed E-state index contributed by atoms with van der Waals surface area (Å²) >= 11 is 0. The molecule has 2 fully saturated rings. The topological polar surface area (TPSA) is 18.5 Å². The summed E-state index contributed by atoms with van der Waals surface area (Å²) in [7, 11) is 0. The minimum atomic E-state index is 0.384. The zero-order chi connectivity index (χ0) is 12.6. The van der Waals surface area contributed by atoms with E-state index in [0.29, 0.717) is 6.10 Å². The van der Waals surface area contributed by atoms with Crippen molar-refractivity contribution in [2.45, 2.75) is 70.8 Å². The van der Waals surface area contributed by atoms with Crippen LogP contribution in [-0.2, 0) is 9.47 Å². The van der Waals surface area contributed by atoms with Crippen molar-refractivity contribution in [1.29, 1.82) is 0 Å². The third-order valence-electron chi connectivity index (χ3n) is 4.61. The van der Waals surface area contributed by atoms with Crippen LogP contribution in [0, 0.1) is 11.8 Å². The Balaban J connectivity index is 1.43. The molecular formula is C16H30O2. The summed E-state index contributed by atoms with van der Waals surface area (Å²) in [6, 6.07) is 0. The first-order chi connectivity index (χ1) is 8.84. The molecule has 0 amide bonds. The smallest absolute Gasteiger partial charge is 0.0808 e. The lowest BCUT2D eigenvalue weighted by Gasteiger charge is -2.26. The molecule has 1 unspecified atom stereocenters. The number of hydrogen-bond acceptors (Lipinski definition) is 2. The van der Waals surface area contributed by atoms with Gasteiger partial charge in [0.1, 0.15) is 0 Å². The third-order valence-corrected chi connectivity index (χ3v) is 4.61. The molecule has 0 aromatic carbocycles. The summed E-state index contributed by atoms with van der Waals surface area (Å²) in [6.07, 6.45) is 12.5. The quantitative estimate of drug-likeness (QED) is 0.662. The molecule has 2 aliphatic rings. The van der Waals surface area contributed by atoms with Crippen molar-refractivity contribution < 1.29 is 9.47 Å². The summed E-state index contributed by atoms with van der Waals surface area (Å²) in [5.41, 5.74) is 0. The van der Waals surface area contributed by atoms with E-state index >= 15 is 0 Å². The molecule has 1 aliphatic carbocycles. The molecule has 0 aromatic heterocycles. The largest absolute Gasteiger partial charge is 0.379 e. The number of hydrogen-bond donors (Lipinski definition) is 0. The summed E-state index contributed by atoms with van der Waals surface area (Å²) in [5, 5.41) is 0. The van der Waals surface area contributed by atoms with E-state index < -0.39 is 0 Å².